The molecule has 1 aromatic heterocycles. The molecule has 40 heavy (non-hydrogen) atoms. The highest BCUT2D eigenvalue weighted by Crippen LogP contribution is 2.27. The van der Waals surface area contributed by atoms with E-state index in [1.807, 2.05) is 6.92 Å². The molecule has 0 aliphatic carbocycles. The van der Waals surface area contributed by atoms with Crippen LogP contribution >= 0.6 is 0 Å². The van der Waals surface area contributed by atoms with Gasteiger partial charge in [0.25, 0.3) is 11.8 Å². The first-order valence-electron chi connectivity index (χ1n) is 12.9. The van der Waals surface area contributed by atoms with Gasteiger partial charge in [0.1, 0.15) is 22.9 Å². The number of carbonyl (C=O) groups is 3. The Bertz CT molecular complexity index is 1570. The number of hydrogen-bond acceptors (Lipinski definition) is 6. The van der Waals surface area contributed by atoms with Crippen LogP contribution in [0.5, 0.6) is 5.75 Å². The number of ether oxygens (including phenoxy) is 1. The lowest BCUT2D eigenvalue weighted by Gasteiger charge is -2.21. The lowest BCUT2D eigenvalue weighted by atomic mass is 10.00. The molecule has 4 N–H and O–H groups in total. The molecule has 0 bridgehead atoms. The average Bonchev–Trinajstić information content (AvgIpc) is 3.60. The zero-order chi connectivity index (χ0) is 28.2. The fourth-order valence-corrected chi connectivity index (χ4v) is 4.58. The van der Waals surface area contributed by atoms with Crippen LogP contribution in [0.4, 0.5) is 8.78 Å². The summed E-state index contributed by atoms with van der Waals surface area (Å²) in [5, 5.41) is 16.7. The lowest BCUT2D eigenvalue weighted by molar-refractivity contribution is 0.0896. The fourth-order valence-electron chi connectivity index (χ4n) is 4.58. The molecule has 11 heteroatoms. The fraction of sp³-hybridized carbons (Fsp3) is 0.241. The van der Waals surface area contributed by atoms with Gasteiger partial charge in [0.05, 0.1) is 30.4 Å². The van der Waals surface area contributed by atoms with E-state index >= 15 is 0 Å². The Hall–Kier alpha value is -4.64. The SMILES string of the molecule is CCCOc1cc(F)cc(F)c1C(=O)c1ccc(C(=O)N[C@@H]2CNC[C@H]2NC(=O)c2ccc3[nH]ncc3c2)cc1. The van der Waals surface area contributed by atoms with Crippen LogP contribution in [0, 0.1) is 11.6 Å². The van der Waals surface area contributed by atoms with Crippen molar-refractivity contribution in [1.29, 1.82) is 0 Å². The zero-order valence-electron chi connectivity index (χ0n) is 21.6. The van der Waals surface area contributed by atoms with E-state index in [4.69, 9.17) is 4.74 Å². The summed E-state index contributed by atoms with van der Waals surface area (Å²) in [6, 6.07) is 11.8. The van der Waals surface area contributed by atoms with Gasteiger partial charge in [0, 0.05) is 47.3 Å². The minimum atomic E-state index is -1.02. The summed E-state index contributed by atoms with van der Waals surface area (Å²) in [7, 11) is 0. The Balaban J connectivity index is 1.24. The summed E-state index contributed by atoms with van der Waals surface area (Å²) in [6.07, 6.45) is 2.23. The maximum Gasteiger partial charge on any atom is 0.251 e. The summed E-state index contributed by atoms with van der Waals surface area (Å²) in [4.78, 5) is 38.9. The van der Waals surface area contributed by atoms with Gasteiger partial charge >= 0.3 is 0 Å². The molecule has 3 aromatic carbocycles. The molecule has 5 rings (SSSR count). The van der Waals surface area contributed by atoms with Crippen molar-refractivity contribution in [3.63, 3.8) is 0 Å². The Kier molecular flexibility index (Phi) is 7.83. The molecule has 0 unspecified atom stereocenters. The van der Waals surface area contributed by atoms with E-state index in [1.54, 1.807) is 24.4 Å². The second kappa shape index (κ2) is 11.6. The van der Waals surface area contributed by atoms with Crippen molar-refractivity contribution in [2.75, 3.05) is 19.7 Å². The van der Waals surface area contributed by atoms with E-state index in [-0.39, 0.29) is 47.0 Å². The van der Waals surface area contributed by atoms with E-state index in [0.717, 1.165) is 17.0 Å². The molecule has 1 saturated heterocycles. The van der Waals surface area contributed by atoms with Crippen LogP contribution < -0.4 is 20.7 Å². The number of ketones is 1. The molecule has 0 radical (unpaired) electrons. The Labute approximate surface area is 228 Å². The monoisotopic (exact) mass is 547 g/mol. The predicted molar refractivity (Wildman–Crippen MR) is 143 cm³/mol. The second-order valence-electron chi connectivity index (χ2n) is 9.51. The van der Waals surface area contributed by atoms with Gasteiger partial charge in [-0.1, -0.05) is 19.1 Å². The van der Waals surface area contributed by atoms with E-state index in [0.29, 0.717) is 31.1 Å². The number of aromatic nitrogens is 2. The third-order valence-electron chi connectivity index (χ3n) is 6.67. The first-order valence-corrected chi connectivity index (χ1v) is 12.9. The molecule has 0 saturated carbocycles. The molecule has 1 fully saturated rings. The minimum Gasteiger partial charge on any atom is -0.493 e. The van der Waals surface area contributed by atoms with Gasteiger partial charge in [0.2, 0.25) is 0 Å². The number of carbonyl (C=O) groups excluding carboxylic acids is 3. The summed E-state index contributed by atoms with van der Waals surface area (Å²) < 4.78 is 33.7. The number of benzene rings is 3. The molecule has 2 heterocycles. The smallest absolute Gasteiger partial charge is 0.251 e. The Morgan fingerprint density at radius 2 is 1.57 bits per heavy atom. The van der Waals surface area contributed by atoms with E-state index in [2.05, 4.69) is 26.1 Å². The van der Waals surface area contributed by atoms with Crippen molar-refractivity contribution in [2.45, 2.75) is 25.4 Å². The van der Waals surface area contributed by atoms with Crippen LogP contribution in [0.2, 0.25) is 0 Å². The predicted octanol–water partition coefficient (Wildman–Crippen LogP) is 3.36. The number of amides is 2. The summed E-state index contributed by atoms with van der Waals surface area (Å²) in [6.45, 7) is 2.96. The average molecular weight is 548 g/mol. The molecule has 0 spiro atoms. The molecule has 206 valence electrons. The number of aromatic amines is 1. The number of halogens is 2. The minimum absolute atomic E-state index is 0.116. The van der Waals surface area contributed by atoms with Gasteiger partial charge < -0.3 is 20.7 Å². The second-order valence-corrected chi connectivity index (χ2v) is 9.51. The number of nitrogens with zero attached hydrogens (tertiary/aromatic N) is 1. The molecular weight excluding hydrogens is 520 g/mol. The standard InChI is InChI=1S/C29H27F2N5O4/c1-2-9-40-25-12-20(30)11-21(31)26(25)27(37)16-3-5-17(6-4-16)28(38)34-23-14-32-15-24(23)35-29(39)18-7-8-22-19(10-18)13-33-36-22/h3-8,10-13,23-24,32H,2,9,14-15H2,1H3,(H,33,36)(H,34,38)(H,35,39)/t23-,24-/m1/s1. The quantitative estimate of drug-likeness (QED) is 0.238. The van der Waals surface area contributed by atoms with Crippen LogP contribution in [0.1, 0.15) is 50.0 Å². The maximum atomic E-state index is 14.6. The van der Waals surface area contributed by atoms with Crippen molar-refractivity contribution in [1.82, 2.24) is 26.1 Å². The van der Waals surface area contributed by atoms with Crippen LogP contribution in [0.15, 0.2) is 60.8 Å². The Morgan fingerprint density at radius 3 is 2.27 bits per heavy atom. The first-order chi connectivity index (χ1) is 19.3. The van der Waals surface area contributed by atoms with Crippen LogP contribution in [0.3, 0.4) is 0 Å². The topological polar surface area (TPSA) is 125 Å². The van der Waals surface area contributed by atoms with Gasteiger partial charge in [-0.25, -0.2) is 8.78 Å². The van der Waals surface area contributed by atoms with Crippen molar-refractivity contribution in [3.05, 3.63) is 94.7 Å². The molecule has 1 aliphatic heterocycles. The van der Waals surface area contributed by atoms with Crippen molar-refractivity contribution in [3.8, 4) is 5.75 Å². The van der Waals surface area contributed by atoms with Crippen LogP contribution in [0.25, 0.3) is 10.9 Å². The normalized spacial score (nSPS) is 16.6. The number of hydrogen-bond donors (Lipinski definition) is 4. The summed E-state index contributed by atoms with van der Waals surface area (Å²) in [5.41, 5.74) is 1.33. The van der Waals surface area contributed by atoms with Crippen LogP contribution in [-0.4, -0.2) is 59.6 Å². The third kappa shape index (κ3) is 5.69. The zero-order valence-corrected chi connectivity index (χ0v) is 21.6. The largest absolute Gasteiger partial charge is 0.493 e. The van der Waals surface area contributed by atoms with Crippen molar-refractivity contribution < 1.29 is 27.9 Å². The summed E-state index contributed by atoms with van der Waals surface area (Å²) in [5.74, 6) is -3.39. The van der Waals surface area contributed by atoms with Gasteiger partial charge in [-0.2, -0.15) is 5.10 Å². The highest BCUT2D eigenvalue weighted by atomic mass is 19.1. The van der Waals surface area contributed by atoms with Crippen molar-refractivity contribution in [2.24, 2.45) is 0 Å². The van der Waals surface area contributed by atoms with Gasteiger partial charge in [-0.3, -0.25) is 19.5 Å². The van der Waals surface area contributed by atoms with E-state index in [9.17, 15) is 23.2 Å². The first kappa shape index (κ1) is 26.9. The highest BCUT2D eigenvalue weighted by molar-refractivity contribution is 6.11. The number of fused-ring (bicyclic) bond motifs is 1. The highest BCUT2D eigenvalue weighted by Gasteiger charge is 2.30. The molecule has 9 nitrogen and oxygen atoms in total. The van der Waals surface area contributed by atoms with Crippen LogP contribution in [-0.2, 0) is 0 Å². The molecule has 1 aliphatic rings. The van der Waals surface area contributed by atoms with Gasteiger partial charge in [-0.05, 0) is 36.8 Å². The third-order valence-corrected chi connectivity index (χ3v) is 6.67. The van der Waals surface area contributed by atoms with Crippen molar-refractivity contribution >= 4 is 28.5 Å². The summed E-state index contributed by atoms with van der Waals surface area (Å²) >= 11 is 0. The molecule has 4 aromatic rings. The molecular formula is C29H27F2N5O4. The molecule has 2 atom stereocenters. The van der Waals surface area contributed by atoms with E-state index < -0.39 is 23.3 Å². The number of rotatable bonds is 9. The van der Waals surface area contributed by atoms with Gasteiger partial charge in [-0.15, -0.1) is 0 Å². The maximum absolute atomic E-state index is 14.6. The Morgan fingerprint density at radius 1 is 0.925 bits per heavy atom. The number of nitrogens with one attached hydrogen (secondary N) is 4. The molecule has 2 amide bonds. The van der Waals surface area contributed by atoms with Gasteiger partial charge in [0.15, 0.2) is 5.78 Å². The lowest BCUT2D eigenvalue weighted by Crippen LogP contribution is -2.51. The van der Waals surface area contributed by atoms with E-state index in [1.165, 1.54) is 24.3 Å². The number of H-pyrrole nitrogens is 1.